The van der Waals surface area contributed by atoms with Crippen LogP contribution in [0.3, 0.4) is 0 Å². The van der Waals surface area contributed by atoms with E-state index in [1.807, 2.05) is 25.2 Å². The standard InChI is InChI=1S/C14H20N2O2/c1-3-16-8-9-18-14-5-4-11(10-12(14)16)13(17)6-7-15-2/h4-5,10,15H,3,6-9H2,1-2H3. The number of hydrogen-bond acceptors (Lipinski definition) is 4. The number of anilines is 1. The van der Waals surface area contributed by atoms with Crippen molar-refractivity contribution >= 4 is 11.5 Å². The first-order chi connectivity index (χ1) is 8.76. The number of benzene rings is 1. The Morgan fingerprint density at radius 2 is 2.33 bits per heavy atom. The fourth-order valence-corrected chi connectivity index (χ4v) is 2.16. The van der Waals surface area contributed by atoms with Gasteiger partial charge in [0.25, 0.3) is 0 Å². The molecule has 1 N–H and O–H groups in total. The number of hydrogen-bond donors (Lipinski definition) is 1. The Morgan fingerprint density at radius 3 is 3.06 bits per heavy atom. The molecule has 4 nitrogen and oxygen atoms in total. The average Bonchev–Trinajstić information content (AvgIpc) is 2.43. The summed E-state index contributed by atoms with van der Waals surface area (Å²) in [6.07, 6.45) is 0.530. The van der Waals surface area contributed by atoms with Crippen LogP contribution in [-0.2, 0) is 0 Å². The molecule has 0 unspecified atom stereocenters. The van der Waals surface area contributed by atoms with E-state index in [1.54, 1.807) is 0 Å². The van der Waals surface area contributed by atoms with Crippen molar-refractivity contribution in [2.24, 2.45) is 0 Å². The Labute approximate surface area is 108 Å². The molecule has 18 heavy (non-hydrogen) atoms. The van der Waals surface area contributed by atoms with Crippen molar-refractivity contribution in [1.29, 1.82) is 0 Å². The predicted molar refractivity (Wildman–Crippen MR) is 72.7 cm³/mol. The lowest BCUT2D eigenvalue weighted by Gasteiger charge is -2.30. The molecule has 0 amide bonds. The van der Waals surface area contributed by atoms with Gasteiger partial charge < -0.3 is 15.0 Å². The summed E-state index contributed by atoms with van der Waals surface area (Å²) >= 11 is 0. The molecule has 1 heterocycles. The highest BCUT2D eigenvalue weighted by Crippen LogP contribution is 2.32. The normalized spacial score (nSPS) is 14.0. The molecule has 0 aliphatic carbocycles. The zero-order valence-electron chi connectivity index (χ0n) is 11.0. The average molecular weight is 248 g/mol. The Kier molecular flexibility index (Phi) is 4.20. The highest BCUT2D eigenvalue weighted by molar-refractivity contribution is 5.97. The number of nitrogens with one attached hydrogen (secondary N) is 1. The Hall–Kier alpha value is -1.55. The van der Waals surface area contributed by atoms with Crippen molar-refractivity contribution < 1.29 is 9.53 Å². The molecule has 0 radical (unpaired) electrons. The van der Waals surface area contributed by atoms with E-state index in [0.717, 1.165) is 30.1 Å². The number of fused-ring (bicyclic) bond motifs is 1. The summed E-state index contributed by atoms with van der Waals surface area (Å²) in [4.78, 5) is 14.2. The first-order valence-electron chi connectivity index (χ1n) is 6.46. The summed E-state index contributed by atoms with van der Waals surface area (Å²) in [5.74, 6) is 1.06. The molecule has 0 fully saturated rings. The van der Waals surface area contributed by atoms with Crippen LogP contribution in [0.4, 0.5) is 5.69 Å². The fraction of sp³-hybridized carbons (Fsp3) is 0.500. The first kappa shape index (κ1) is 12.9. The lowest BCUT2D eigenvalue weighted by molar-refractivity contribution is 0.0983. The molecular weight excluding hydrogens is 228 g/mol. The molecule has 2 rings (SSSR count). The maximum absolute atomic E-state index is 12.0. The van der Waals surface area contributed by atoms with Crippen LogP contribution in [0.1, 0.15) is 23.7 Å². The fourth-order valence-electron chi connectivity index (χ4n) is 2.16. The number of carbonyl (C=O) groups excluding carboxylic acids is 1. The molecule has 0 spiro atoms. The second-order valence-electron chi connectivity index (χ2n) is 4.39. The third kappa shape index (κ3) is 2.64. The lowest BCUT2D eigenvalue weighted by Crippen LogP contribution is -2.32. The van der Waals surface area contributed by atoms with Crippen LogP contribution in [-0.4, -0.2) is 39.1 Å². The summed E-state index contributed by atoms with van der Waals surface area (Å²) in [7, 11) is 1.85. The molecule has 0 bridgehead atoms. The van der Waals surface area contributed by atoms with E-state index >= 15 is 0 Å². The van der Waals surface area contributed by atoms with E-state index in [4.69, 9.17) is 4.74 Å². The lowest BCUT2D eigenvalue weighted by atomic mass is 10.1. The monoisotopic (exact) mass is 248 g/mol. The summed E-state index contributed by atoms with van der Waals surface area (Å²) in [5, 5.41) is 2.99. The maximum Gasteiger partial charge on any atom is 0.164 e. The van der Waals surface area contributed by atoms with Gasteiger partial charge in [-0.2, -0.15) is 0 Å². The molecule has 1 aromatic rings. The highest BCUT2D eigenvalue weighted by atomic mass is 16.5. The Morgan fingerprint density at radius 1 is 1.50 bits per heavy atom. The summed E-state index contributed by atoms with van der Waals surface area (Å²) < 4.78 is 5.61. The third-order valence-electron chi connectivity index (χ3n) is 3.22. The number of ketones is 1. The van der Waals surface area contributed by atoms with E-state index in [0.29, 0.717) is 19.6 Å². The molecule has 4 heteroatoms. The molecular formula is C14H20N2O2. The van der Waals surface area contributed by atoms with E-state index in [9.17, 15) is 4.79 Å². The van der Waals surface area contributed by atoms with Crippen LogP contribution in [0, 0.1) is 0 Å². The predicted octanol–water partition coefficient (Wildman–Crippen LogP) is 1.70. The largest absolute Gasteiger partial charge is 0.490 e. The zero-order chi connectivity index (χ0) is 13.0. The first-order valence-corrected chi connectivity index (χ1v) is 6.46. The highest BCUT2D eigenvalue weighted by Gasteiger charge is 2.18. The minimum Gasteiger partial charge on any atom is -0.490 e. The van der Waals surface area contributed by atoms with Crippen molar-refractivity contribution in [2.45, 2.75) is 13.3 Å². The second-order valence-corrected chi connectivity index (χ2v) is 4.39. The molecule has 1 aliphatic heterocycles. The van der Waals surface area contributed by atoms with Crippen LogP contribution in [0.25, 0.3) is 0 Å². The second kappa shape index (κ2) is 5.87. The minimum atomic E-state index is 0.175. The molecule has 1 aromatic carbocycles. The van der Waals surface area contributed by atoms with Crippen molar-refractivity contribution in [3.05, 3.63) is 23.8 Å². The topological polar surface area (TPSA) is 41.6 Å². The van der Waals surface area contributed by atoms with Gasteiger partial charge in [0.05, 0.1) is 12.2 Å². The van der Waals surface area contributed by atoms with Gasteiger partial charge >= 0.3 is 0 Å². The SMILES string of the molecule is CCN1CCOc2ccc(C(=O)CCNC)cc21. The van der Waals surface area contributed by atoms with Crippen molar-refractivity contribution in [1.82, 2.24) is 5.32 Å². The van der Waals surface area contributed by atoms with E-state index in [1.165, 1.54) is 0 Å². The van der Waals surface area contributed by atoms with Gasteiger partial charge in [-0.25, -0.2) is 0 Å². The van der Waals surface area contributed by atoms with Gasteiger partial charge in [-0.05, 0) is 32.2 Å². The number of carbonyl (C=O) groups is 1. The van der Waals surface area contributed by atoms with Crippen molar-refractivity contribution in [3.63, 3.8) is 0 Å². The summed E-state index contributed by atoms with van der Waals surface area (Å²) in [5.41, 5.74) is 1.81. The van der Waals surface area contributed by atoms with Gasteiger partial charge in [0.15, 0.2) is 5.78 Å². The number of rotatable bonds is 5. The van der Waals surface area contributed by atoms with Gasteiger partial charge in [-0.3, -0.25) is 4.79 Å². The number of nitrogens with zero attached hydrogens (tertiary/aromatic N) is 1. The van der Waals surface area contributed by atoms with Gasteiger partial charge in [0, 0.05) is 25.1 Å². The molecule has 98 valence electrons. The van der Waals surface area contributed by atoms with Crippen LogP contribution in [0.15, 0.2) is 18.2 Å². The minimum absolute atomic E-state index is 0.175. The van der Waals surface area contributed by atoms with E-state index in [2.05, 4.69) is 17.1 Å². The van der Waals surface area contributed by atoms with Crippen LogP contribution in [0.2, 0.25) is 0 Å². The van der Waals surface area contributed by atoms with E-state index < -0.39 is 0 Å². The van der Waals surface area contributed by atoms with Gasteiger partial charge in [-0.15, -0.1) is 0 Å². The summed E-state index contributed by atoms with van der Waals surface area (Å²) in [6.45, 7) is 5.37. The number of Topliss-reactive ketones (excluding diaryl/α,β-unsaturated/α-hetero) is 1. The number of ether oxygens (including phenoxy) is 1. The zero-order valence-corrected chi connectivity index (χ0v) is 11.0. The third-order valence-corrected chi connectivity index (χ3v) is 3.22. The summed E-state index contributed by atoms with van der Waals surface area (Å²) in [6, 6.07) is 5.72. The van der Waals surface area contributed by atoms with Crippen LogP contribution >= 0.6 is 0 Å². The molecule has 0 saturated carbocycles. The number of likely N-dealkylation sites (N-methyl/N-ethyl adjacent to an activating group) is 1. The molecule has 0 saturated heterocycles. The van der Waals surface area contributed by atoms with Gasteiger partial charge in [0.1, 0.15) is 12.4 Å². The maximum atomic E-state index is 12.0. The van der Waals surface area contributed by atoms with E-state index in [-0.39, 0.29) is 5.78 Å². The van der Waals surface area contributed by atoms with Crippen LogP contribution < -0.4 is 15.0 Å². The molecule has 1 aliphatic rings. The van der Waals surface area contributed by atoms with Crippen molar-refractivity contribution in [3.8, 4) is 5.75 Å². The molecule has 0 atom stereocenters. The van der Waals surface area contributed by atoms with Gasteiger partial charge in [-0.1, -0.05) is 0 Å². The van der Waals surface area contributed by atoms with Crippen molar-refractivity contribution in [2.75, 3.05) is 38.2 Å². The smallest absolute Gasteiger partial charge is 0.164 e. The Balaban J connectivity index is 2.22. The quantitative estimate of drug-likeness (QED) is 0.805. The Bertz CT molecular complexity index is 432. The van der Waals surface area contributed by atoms with Crippen LogP contribution in [0.5, 0.6) is 5.75 Å². The van der Waals surface area contributed by atoms with Gasteiger partial charge in [0.2, 0.25) is 0 Å². The molecule has 0 aromatic heterocycles.